The van der Waals surface area contributed by atoms with Crippen LogP contribution in [0.2, 0.25) is 0 Å². The molecule has 0 saturated heterocycles. The fourth-order valence-corrected chi connectivity index (χ4v) is 3.34. The lowest BCUT2D eigenvalue weighted by Gasteiger charge is -2.04. The fourth-order valence-electron chi connectivity index (χ4n) is 2.11. The first-order chi connectivity index (χ1) is 10.7. The Morgan fingerprint density at radius 1 is 0.727 bits per heavy atom. The van der Waals surface area contributed by atoms with Gasteiger partial charge < -0.3 is 0 Å². The molecule has 0 saturated carbocycles. The summed E-state index contributed by atoms with van der Waals surface area (Å²) in [6, 6.07) is 20.1. The van der Waals surface area contributed by atoms with Crippen LogP contribution in [-0.2, 0) is 10.0 Å². The third-order valence-electron chi connectivity index (χ3n) is 3.28. The highest BCUT2D eigenvalue weighted by atomic mass is 32.2. The second-order valence-electron chi connectivity index (χ2n) is 4.84. The molecule has 22 heavy (non-hydrogen) atoms. The van der Waals surface area contributed by atoms with Crippen molar-refractivity contribution in [3.05, 3.63) is 90.3 Å². The summed E-state index contributed by atoms with van der Waals surface area (Å²) in [5.41, 5.74) is 1.91. The molecule has 1 heterocycles. The second kappa shape index (κ2) is 6.03. The van der Waals surface area contributed by atoms with Gasteiger partial charge in [0.25, 0.3) is 10.0 Å². The van der Waals surface area contributed by atoms with Crippen LogP contribution >= 0.6 is 0 Å². The summed E-state index contributed by atoms with van der Waals surface area (Å²) >= 11 is 0. The highest BCUT2D eigenvalue weighted by Crippen LogP contribution is 2.16. The van der Waals surface area contributed by atoms with E-state index in [1.807, 2.05) is 42.5 Å². The number of hydrogen-bond acceptors (Lipinski definition) is 2. The van der Waals surface area contributed by atoms with E-state index in [9.17, 15) is 8.42 Å². The number of aromatic nitrogens is 1. The molecule has 0 radical (unpaired) electrons. The molecule has 0 bridgehead atoms. The monoisotopic (exact) mass is 309 g/mol. The summed E-state index contributed by atoms with van der Waals surface area (Å²) in [6.45, 7) is 0. The van der Waals surface area contributed by atoms with Crippen LogP contribution in [0.5, 0.6) is 0 Å². The minimum Gasteiger partial charge on any atom is -0.248 e. The van der Waals surface area contributed by atoms with Gasteiger partial charge in [0.1, 0.15) is 0 Å². The van der Waals surface area contributed by atoms with Crippen molar-refractivity contribution in [3.8, 4) is 0 Å². The zero-order chi connectivity index (χ0) is 15.4. The van der Waals surface area contributed by atoms with Crippen molar-refractivity contribution in [2.24, 2.45) is 0 Å². The lowest BCUT2D eigenvalue weighted by molar-refractivity contribution is 0.587. The highest BCUT2D eigenvalue weighted by Gasteiger charge is 2.15. The molecule has 0 aliphatic rings. The molecule has 0 atom stereocenters. The van der Waals surface area contributed by atoms with Crippen LogP contribution in [0.25, 0.3) is 12.2 Å². The Kier molecular flexibility index (Phi) is 3.94. The third-order valence-corrected chi connectivity index (χ3v) is 4.93. The summed E-state index contributed by atoms with van der Waals surface area (Å²) in [5.74, 6) is 0. The lowest BCUT2D eigenvalue weighted by atomic mass is 10.2. The molecule has 110 valence electrons. The molecule has 0 fully saturated rings. The first kappa shape index (κ1) is 14.4. The minimum absolute atomic E-state index is 0.282. The maximum Gasteiger partial charge on any atom is 0.267 e. The number of nitrogens with zero attached hydrogens (tertiary/aromatic N) is 1. The lowest BCUT2D eigenvalue weighted by Crippen LogP contribution is -2.10. The normalized spacial score (nSPS) is 11.8. The molecule has 0 aliphatic carbocycles. The zero-order valence-electron chi connectivity index (χ0n) is 11.8. The molecule has 3 aromatic rings. The average Bonchev–Trinajstić information content (AvgIpc) is 3.04. The van der Waals surface area contributed by atoms with Crippen LogP contribution in [0.15, 0.2) is 84.0 Å². The van der Waals surface area contributed by atoms with Gasteiger partial charge in [-0.25, -0.2) is 12.4 Å². The van der Waals surface area contributed by atoms with Gasteiger partial charge in [-0.05, 0) is 29.3 Å². The second-order valence-corrected chi connectivity index (χ2v) is 6.68. The molecular formula is C18H15NO2S. The highest BCUT2D eigenvalue weighted by molar-refractivity contribution is 7.90. The van der Waals surface area contributed by atoms with Gasteiger partial charge >= 0.3 is 0 Å². The van der Waals surface area contributed by atoms with E-state index in [-0.39, 0.29) is 4.90 Å². The first-order valence-corrected chi connectivity index (χ1v) is 8.32. The van der Waals surface area contributed by atoms with E-state index in [0.29, 0.717) is 0 Å². The quantitative estimate of drug-likeness (QED) is 0.733. The molecule has 1 aromatic heterocycles. The molecule has 0 unspecified atom stereocenters. The van der Waals surface area contributed by atoms with Crippen LogP contribution in [0.1, 0.15) is 11.1 Å². The topological polar surface area (TPSA) is 39.1 Å². The SMILES string of the molecule is O=S(=O)(c1ccccc1)n1ccc(/C=C/c2ccccc2)c1. The van der Waals surface area contributed by atoms with Gasteiger partial charge in [0.05, 0.1) is 4.90 Å². The van der Waals surface area contributed by atoms with Gasteiger partial charge in [-0.3, -0.25) is 0 Å². The molecule has 0 N–H and O–H groups in total. The molecule has 0 amide bonds. The van der Waals surface area contributed by atoms with Crippen molar-refractivity contribution < 1.29 is 8.42 Å². The summed E-state index contributed by atoms with van der Waals surface area (Å²) in [5, 5.41) is 0. The van der Waals surface area contributed by atoms with Crippen molar-refractivity contribution >= 4 is 22.2 Å². The van der Waals surface area contributed by atoms with Crippen molar-refractivity contribution in [2.75, 3.05) is 0 Å². The van der Waals surface area contributed by atoms with E-state index < -0.39 is 10.0 Å². The van der Waals surface area contributed by atoms with Gasteiger partial charge in [-0.15, -0.1) is 0 Å². The Labute approximate surface area is 130 Å². The number of rotatable bonds is 4. The van der Waals surface area contributed by atoms with Crippen LogP contribution in [-0.4, -0.2) is 12.4 Å². The minimum atomic E-state index is -3.52. The van der Waals surface area contributed by atoms with E-state index in [1.165, 1.54) is 3.97 Å². The van der Waals surface area contributed by atoms with Gasteiger partial charge in [-0.2, -0.15) is 0 Å². The predicted octanol–water partition coefficient (Wildman–Crippen LogP) is 3.90. The van der Waals surface area contributed by atoms with E-state index in [1.54, 1.807) is 48.8 Å². The van der Waals surface area contributed by atoms with Crippen molar-refractivity contribution in [1.29, 1.82) is 0 Å². The predicted molar refractivity (Wildman–Crippen MR) is 88.8 cm³/mol. The van der Waals surface area contributed by atoms with E-state index in [0.717, 1.165) is 11.1 Å². The van der Waals surface area contributed by atoms with Gasteiger partial charge in [-0.1, -0.05) is 60.7 Å². The van der Waals surface area contributed by atoms with Crippen molar-refractivity contribution in [3.63, 3.8) is 0 Å². The standard InChI is InChI=1S/C18H15NO2S/c20-22(21,18-9-5-2-6-10-18)19-14-13-17(15-19)12-11-16-7-3-1-4-8-16/h1-15H/b12-11+. The molecule has 3 rings (SSSR count). The first-order valence-electron chi connectivity index (χ1n) is 6.88. The van der Waals surface area contributed by atoms with E-state index in [4.69, 9.17) is 0 Å². The van der Waals surface area contributed by atoms with Crippen LogP contribution in [0.3, 0.4) is 0 Å². The maximum absolute atomic E-state index is 12.5. The average molecular weight is 309 g/mol. The molecule has 0 aliphatic heterocycles. The van der Waals surface area contributed by atoms with Gasteiger partial charge in [0.15, 0.2) is 0 Å². The maximum atomic E-state index is 12.5. The van der Waals surface area contributed by atoms with Crippen LogP contribution < -0.4 is 0 Å². The largest absolute Gasteiger partial charge is 0.267 e. The molecule has 4 heteroatoms. The van der Waals surface area contributed by atoms with E-state index in [2.05, 4.69) is 0 Å². The summed E-state index contributed by atoms with van der Waals surface area (Å²) < 4.78 is 26.2. The van der Waals surface area contributed by atoms with Crippen LogP contribution in [0.4, 0.5) is 0 Å². The van der Waals surface area contributed by atoms with Gasteiger partial charge in [0.2, 0.25) is 0 Å². The molecule has 2 aromatic carbocycles. The smallest absolute Gasteiger partial charge is 0.248 e. The zero-order valence-corrected chi connectivity index (χ0v) is 12.6. The van der Waals surface area contributed by atoms with Gasteiger partial charge in [0, 0.05) is 12.4 Å². The Bertz CT molecular complexity index is 879. The Balaban J connectivity index is 1.87. The summed E-state index contributed by atoms with van der Waals surface area (Å²) in [7, 11) is -3.52. The molecule has 0 spiro atoms. The summed E-state index contributed by atoms with van der Waals surface area (Å²) in [6.07, 6.45) is 7.02. The number of hydrogen-bond donors (Lipinski definition) is 0. The third kappa shape index (κ3) is 3.02. The van der Waals surface area contributed by atoms with Crippen LogP contribution in [0, 0.1) is 0 Å². The van der Waals surface area contributed by atoms with Crippen molar-refractivity contribution in [1.82, 2.24) is 3.97 Å². The number of benzene rings is 2. The Morgan fingerprint density at radius 3 is 2.00 bits per heavy atom. The molecular weight excluding hydrogens is 294 g/mol. The Morgan fingerprint density at radius 2 is 1.32 bits per heavy atom. The molecule has 3 nitrogen and oxygen atoms in total. The van der Waals surface area contributed by atoms with E-state index >= 15 is 0 Å². The van der Waals surface area contributed by atoms with Crippen molar-refractivity contribution in [2.45, 2.75) is 4.90 Å². The fraction of sp³-hybridized carbons (Fsp3) is 0. The summed E-state index contributed by atoms with van der Waals surface area (Å²) in [4.78, 5) is 0.282. The Hall–Kier alpha value is -2.59.